The van der Waals surface area contributed by atoms with Gasteiger partial charge < -0.3 is 5.32 Å². The molecule has 1 N–H and O–H groups in total. The fourth-order valence-electron chi connectivity index (χ4n) is 3.68. The van der Waals surface area contributed by atoms with Crippen LogP contribution in [-0.4, -0.2) is 26.7 Å². The van der Waals surface area contributed by atoms with Crippen molar-refractivity contribution >= 4 is 11.6 Å². The van der Waals surface area contributed by atoms with Crippen LogP contribution in [0.2, 0.25) is 0 Å². The number of hydrogen-bond donors (Lipinski definition) is 1. The Balaban J connectivity index is 1.64. The number of non-ortho nitro benzene ring substituents is 1. The number of carbonyl (C=O) groups is 1. The Kier molecular flexibility index (Phi) is 6.77. The van der Waals surface area contributed by atoms with Crippen LogP contribution in [0.1, 0.15) is 29.4 Å². The van der Waals surface area contributed by atoms with E-state index in [0.29, 0.717) is 5.69 Å². The number of hydrogen-bond acceptors (Lipinski definition) is 4. The first-order chi connectivity index (χ1) is 16.4. The Hall–Kier alpha value is -4.33. The van der Waals surface area contributed by atoms with Gasteiger partial charge in [0.25, 0.3) is 11.6 Å². The molecule has 1 unspecified atom stereocenters. The normalized spacial score (nSPS) is 11.7. The van der Waals surface area contributed by atoms with Gasteiger partial charge in [0.2, 0.25) is 0 Å². The van der Waals surface area contributed by atoms with Crippen LogP contribution in [-0.2, 0) is 6.42 Å². The smallest absolute Gasteiger partial charge is 0.271 e. The molecule has 34 heavy (non-hydrogen) atoms. The van der Waals surface area contributed by atoms with Crippen LogP contribution >= 0.6 is 0 Å². The van der Waals surface area contributed by atoms with Crippen molar-refractivity contribution in [3.8, 4) is 16.9 Å². The van der Waals surface area contributed by atoms with Crippen molar-refractivity contribution in [2.45, 2.75) is 25.8 Å². The number of aromatic nitrogens is 2. The van der Waals surface area contributed by atoms with E-state index < -0.39 is 16.6 Å². The number of nitro benzene ring substituents is 1. The lowest BCUT2D eigenvalue weighted by Crippen LogP contribution is -2.34. The van der Waals surface area contributed by atoms with Crippen LogP contribution < -0.4 is 5.32 Å². The maximum atomic E-state index is 14.4. The zero-order valence-corrected chi connectivity index (χ0v) is 18.5. The van der Waals surface area contributed by atoms with Crippen LogP contribution in [0.5, 0.6) is 0 Å². The second-order valence-corrected chi connectivity index (χ2v) is 7.98. The molecule has 1 amide bonds. The van der Waals surface area contributed by atoms with Crippen molar-refractivity contribution in [3.63, 3.8) is 0 Å². The molecule has 172 valence electrons. The van der Waals surface area contributed by atoms with Gasteiger partial charge in [-0.05, 0) is 49.6 Å². The van der Waals surface area contributed by atoms with Crippen molar-refractivity contribution in [2.24, 2.45) is 0 Å². The number of nitrogens with zero attached hydrogens (tertiary/aromatic N) is 3. The predicted octanol–water partition coefficient (Wildman–Crippen LogP) is 5.34. The summed E-state index contributed by atoms with van der Waals surface area (Å²) in [6.07, 6.45) is 1.52. The second-order valence-electron chi connectivity index (χ2n) is 7.98. The molecule has 1 heterocycles. The highest BCUT2D eigenvalue weighted by molar-refractivity contribution is 5.94. The Labute approximate surface area is 196 Å². The molecule has 0 aliphatic heterocycles. The first-order valence-corrected chi connectivity index (χ1v) is 10.9. The summed E-state index contributed by atoms with van der Waals surface area (Å²) in [6, 6.07) is 23.3. The molecule has 1 aromatic heterocycles. The minimum Gasteiger partial charge on any atom is -0.348 e. The van der Waals surface area contributed by atoms with E-state index in [4.69, 9.17) is 0 Å². The standard InChI is InChI=1S/C26H23FN4O3/c1-18(14-15-19-8-3-2-4-9-19)28-26(32)25-17-24(22-12-5-6-13-23(22)27)29-30(25)20-10-7-11-21(16-20)31(33)34/h2-13,16-18H,14-15H2,1H3,(H,28,32). The SMILES string of the molecule is CC(CCc1ccccc1)NC(=O)c1cc(-c2ccccc2F)nn1-c1cccc([N+](=O)[O-])c1. The molecule has 0 saturated carbocycles. The first kappa shape index (κ1) is 22.8. The molecule has 0 radical (unpaired) electrons. The van der Waals surface area contributed by atoms with Gasteiger partial charge in [-0.1, -0.05) is 48.5 Å². The lowest BCUT2D eigenvalue weighted by Gasteiger charge is -2.14. The van der Waals surface area contributed by atoms with Crippen LogP contribution in [0.3, 0.4) is 0 Å². The summed E-state index contributed by atoms with van der Waals surface area (Å²) in [5.74, 6) is -0.878. The number of nitrogens with one attached hydrogen (secondary N) is 1. The third-order valence-electron chi connectivity index (χ3n) is 5.46. The largest absolute Gasteiger partial charge is 0.348 e. The lowest BCUT2D eigenvalue weighted by atomic mass is 10.1. The lowest BCUT2D eigenvalue weighted by molar-refractivity contribution is -0.384. The van der Waals surface area contributed by atoms with Gasteiger partial charge in [0.15, 0.2) is 0 Å². The average molecular weight is 458 g/mol. The van der Waals surface area contributed by atoms with Crippen molar-refractivity contribution in [3.05, 3.63) is 112 Å². The molecule has 0 fully saturated rings. The zero-order chi connectivity index (χ0) is 24.1. The maximum Gasteiger partial charge on any atom is 0.271 e. The predicted molar refractivity (Wildman–Crippen MR) is 127 cm³/mol. The number of halogens is 1. The van der Waals surface area contributed by atoms with Gasteiger partial charge in [0.1, 0.15) is 11.5 Å². The van der Waals surface area contributed by atoms with E-state index >= 15 is 0 Å². The number of carbonyl (C=O) groups excluding carboxylic acids is 1. The maximum absolute atomic E-state index is 14.4. The fourth-order valence-corrected chi connectivity index (χ4v) is 3.68. The summed E-state index contributed by atoms with van der Waals surface area (Å²) in [4.78, 5) is 23.9. The van der Waals surface area contributed by atoms with E-state index in [1.54, 1.807) is 24.3 Å². The van der Waals surface area contributed by atoms with E-state index in [0.717, 1.165) is 12.8 Å². The monoisotopic (exact) mass is 458 g/mol. The minimum absolute atomic E-state index is 0.136. The van der Waals surface area contributed by atoms with E-state index in [2.05, 4.69) is 10.4 Å². The number of aryl methyl sites for hydroxylation is 1. The number of amides is 1. The summed E-state index contributed by atoms with van der Waals surface area (Å²) in [5, 5.41) is 18.6. The van der Waals surface area contributed by atoms with Gasteiger partial charge in [-0.15, -0.1) is 0 Å². The van der Waals surface area contributed by atoms with E-state index in [1.807, 2.05) is 37.3 Å². The molecule has 7 nitrogen and oxygen atoms in total. The second kappa shape index (κ2) is 10.1. The molecule has 8 heteroatoms. The molecule has 1 atom stereocenters. The van der Waals surface area contributed by atoms with Gasteiger partial charge in [0.05, 0.1) is 16.3 Å². The highest BCUT2D eigenvalue weighted by atomic mass is 19.1. The molecule has 0 aliphatic carbocycles. The van der Waals surface area contributed by atoms with Crippen molar-refractivity contribution in [1.29, 1.82) is 0 Å². The third-order valence-corrected chi connectivity index (χ3v) is 5.46. The van der Waals surface area contributed by atoms with Crippen LogP contribution in [0.4, 0.5) is 10.1 Å². The average Bonchev–Trinajstić information content (AvgIpc) is 3.29. The minimum atomic E-state index is -0.518. The summed E-state index contributed by atoms with van der Waals surface area (Å²) in [6.45, 7) is 1.91. The van der Waals surface area contributed by atoms with Crippen LogP contribution in [0.15, 0.2) is 84.9 Å². The van der Waals surface area contributed by atoms with Crippen LogP contribution in [0, 0.1) is 15.9 Å². The van der Waals surface area contributed by atoms with E-state index in [1.165, 1.54) is 40.6 Å². The highest BCUT2D eigenvalue weighted by Gasteiger charge is 2.21. The number of rotatable bonds is 8. The number of benzene rings is 3. The molecular weight excluding hydrogens is 435 g/mol. The van der Waals surface area contributed by atoms with E-state index in [9.17, 15) is 19.3 Å². The van der Waals surface area contributed by atoms with E-state index in [-0.39, 0.29) is 28.7 Å². The first-order valence-electron chi connectivity index (χ1n) is 10.9. The van der Waals surface area contributed by atoms with Gasteiger partial charge >= 0.3 is 0 Å². The summed E-state index contributed by atoms with van der Waals surface area (Å²) >= 11 is 0. The van der Waals surface area contributed by atoms with Gasteiger partial charge in [0, 0.05) is 23.7 Å². The Morgan fingerprint density at radius 3 is 2.53 bits per heavy atom. The molecule has 0 bridgehead atoms. The number of nitro groups is 1. The molecule has 0 aliphatic rings. The molecule has 3 aromatic carbocycles. The van der Waals surface area contributed by atoms with Crippen LogP contribution in [0.25, 0.3) is 16.9 Å². The summed E-state index contributed by atoms with van der Waals surface area (Å²) < 4.78 is 15.7. The quantitative estimate of drug-likeness (QED) is 0.285. The molecule has 4 aromatic rings. The van der Waals surface area contributed by atoms with Gasteiger partial charge in [-0.2, -0.15) is 5.10 Å². The van der Waals surface area contributed by atoms with Crippen molar-refractivity contribution in [2.75, 3.05) is 0 Å². The van der Waals surface area contributed by atoms with Crippen molar-refractivity contribution < 1.29 is 14.1 Å². The fraction of sp³-hybridized carbons (Fsp3) is 0.154. The topological polar surface area (TPSA) is 90.1 Å². The van der Waals surface area contributed by atoms with Gasteiger partial charge in [-0.3, -0.25) is 14.9 Å². The summed E-state index contributed by atoms with van der Waals surface area (Å²) in [7, 11) is 0. The molecule has 4 rings (SSSR count). The van der Waals surface area contributed by atoms with Gasteiger partial charge in [-0.25, -0.2) is 9.07 Å². The third kappa shape index (κ3) is 5.17. The Morgan fingerprint density at radius 2 is 1.79 bits per heavy atom. The summed E-state index contributed by atoms with van der Waals surface area (Å²) in [5.41, 5.74) is 2.02. The Bertz CT molecular complexity index is 1320. The molecule has 0 saturated heterocycles. The van der Waals surface area contributed by atoms with Crippen molar-refractivity contribution in [1.82, 2.24) is 15.1 Å². The highest BCUT2D eigenvalue weighted by Crippen LogP contribution is 2.25. The molecule has 0 spiro atoms. The molecular formula is C26H23FN4O3. The Morgan fingerprint density at radius 1 is 1.06 bits per heavy atom. The zero-order valence-electron chi connectivity index (χ0n) is 18.5.